The molecule has 2 aliphatic rings. The zero-order valence-electron chi connectivity index (χ0n) is 15.3. The Morgan fingerprint density at radius 1 is 0.929 bits per heavy atom. The third-order valence-corrected chi connectivity index (χ3v) is 6.80. The van der Waals surface area contributed by atoms with E-state index in [4.69, 9.17) is 0 Å². The van der Waals surface area contributed by atoms with Crippen molar-refractivity contribution in [3.05, 3.63) is 75.1 Å². The highest BCUT2D eigenvalue weighted by atomic mass is 16.1. The number of rotatable bonds is 2. The lowest BCUT2D eigenvalue weighted by molar-refractivity contribution is -0.0353. The molecule has 6 nitrogen and oxygen atoms in total. The molecule has 2 saturated carbocycles. The fourth-order valence-corrected chi connectivity index (χ4v) is 5.52. The summed E-state index contributed by atoms with van der Waals surface area (Å²) in [5.41, 5.74) is 3.08. The molecule has 0 bridgehead atoms. The molecule has 0 saturated heterocycles. The summed E-state index contributed by atoms with van der Waals surface area (Å²) in [4.78, 5) is 27.4. The lowest BCUT2D eigenvalue weighted by Crippen LogP contribution is -2.49. The molecule has 6 rings (SSSR count). The standard InChI is InChI=1S/C22H20N4O2/c27-20-16-6-2-1-5-15(16)19(24-25-20)13-9-22(10-13)11-14(12-22)26-18-8-4-3-7-17(18)23-21(26)28/h1-8,13-14H,9-12H2,(H,23,28)(H,25,27). The average Bonchev–Trinajstić information content (AvgIpc) is 2.97. The highest BCUT2D eigenvalue weighted by molar-refractivity contribution is 5.84. The van der Waals surface area contributed by atoms with Gasteiger partial charge in [-0.25, -0.2) is 9.89 Å². The van der Waals surface area contributed by atoms with Crippen molar-refractivity contribution >= 4 is 21.8 Å². The van der Waals surface area contributed by atoms with Crippen molar-refractivity contribution in [3.63, 3.8) is 0 Å². The minimum Gasteiger partial charge on any atom is -0.306 e. The summed E-state index contributed by atoms with van der Waals surface area (Å²) in [6, 6.07) is 15.9. The van der Waals surface area contributed by atoms with Crippen molar-refractivity contribution in [1.29, 1.82) is 0 Å². The first-order chi connectivity index (χ1) is 13.6. The molecule has 0 unspecified atom stereocenters. The van der Waals surface area contributed by atoms with E-state index in [0.717, 1.165) is 47.8 Å². The highest BCUT2D eigenvalue weighted by Crippen LogP contribution is 2.65. The minimum absolute atomic E-state index is 0.00906. The van der Waals surface area contributed by atoms with Gasteiger partial charge in [0, 0.05) is 17.3 Å². The maximum Gasteiger partial charge on any atom is 0.326 e. The van der Waals surface area contributed by atoms with Gasteiger partial charge in [0.2, 0.25) is 0 Å². The molecule has 2 aromatic carbocycles. The van der Waals surface area contributed by atoms with Crippen molar-refractivity contribution in [2.75, 3.05) is 0 Å². The van der Waals surface area contributed by atoms with E-state index in [-0.39, 0.29) is 17.3 Å². The maximum atomic E-state index is 12.4. The summed E-state index contributed by atoms with van der Waals surface area (Å²) < 4.78 is 1.93. The molecular formula is C22H20N4O2. The van der Waals surface area contributed by atoms with Crippen LogP contribution in [0.15, 0.2) is 58.1 Å². The highest BCUT2D eigenvalue weighted by Gasteiger charge is 2.54. The zero-order chi connectivity index (χ0) is 18.9. The fraction of sp³-hybridized carbons (Fsp3) is 0.318. The van der Waals surface area contributed by atoms with E-state index in [1.165, 1.54) is 0 Å². The normalized spacial score (nSPS) is 26.4. The Labute approximate surface area is 160 Å². The van der Waals surface area contributed by atoms with Crippen LogP contribution in [0.2, 0.25) is 0 Å². The molecule has 0 amide bonds. The second kappa shape index (κ2) is 5.44. The third kappa shape index (κ3) is 2.11. The van der Waals surface area contributed by atoms with Crippen LogP contribution < -0.4 is 11.2 Å². The molecule has 1 spiro atoms. The number of aromatic amines is 2. The first-order valence-corrected chi connectivity index (χ1v) is 9.80. The Morgan fingerprint density at radius 2 is 1.64 bits per heavy atom. The molecule has 2 N–H and O–H groups in total. The molecule has 2 heterocycles. The molecule has 140 valence electrons. The number of benzene rings is 2. The van der Waals surface area contributed by atoms with Gasteiger partial charge in [0.15, 0.2) is 0 Å². The quantitative estimate of drug-likeness (QED) is 0.565. The number of nitrogens with zero attached hydrogens (tertiary/aromatic N) is 2. The number of aromatic nitrogens is 4. The Balaban J connectivity index is 1.25. The number of para-hydroxylation sites is 2. The van der Waals surface area contributed by atoms with Crippen LogP contribution in [0.25, 0.3) is 21.8 Å². The SMILES string of the molecule is O=c1[nH]nc(C2CC3(C2)CC(n2c(=O)[nH]c4ccccc42)C3)c2ccccc12. The summed E-state index contributed by atoms with van der Waals surface area (Å²) in [7, 11) is 0. The maximum absolute atomic E-state index is 12.4. The van der Waals surface area contributed by atoms with Gasteiger partial charge in [0.1, 0.15) is 0 Å². The van der Waals surface area contributed by atoms with Gasteiger partial charge in [-0.1, -0.05) is 30.3 Å². The Morgan fingerprint density at radius 3 is 2.46 bits per heavy atom. The van der Waals surface area contributed by atoms with Gasteiger partial charge in [0.25, 0.3) is 5.56 Å². The average molecular weight is 372 g/mol. The smallest absolute Gasteiger partial charge is 0.306 e. The number of fused-ring (bicyclic) bond motifs is 2. The lowest BCUT2D eigenvalue weighted by Gasteiger charge is -2.57. The predicted molar refractivity (Wildman–Crippen MR) is 108 cm³/mol. The fourth-order valence-electron chi connectivity index (χ4n) is 5.52. The van der Waals surface area contributed by atoms with Crippen molar-refractivity contribution in [2.45, 2.75) is 37.6 Å². The van der Waals surface area contributed by atoms with Crippen LogP contribution in [0.1, 0.15) is 43.3 Å². The third-order valence-electron chi connectivity index (χ3n) is 6.80. The van der Waals surface area contributed by atoms with Crippen LogP contribution in [0.4, 0.5) is 0 Å². The predicted octanol–water partition coefficient (Wildman–Crippen LogP) is 3.47. The largest absolute Gasteiger partial charge is 0.326 e. The van der Waals surface area contributed by atoms with Crippen LogP contribution in [0.3, 0.4) is 0 Å². The van der Waals surface area contributed by atoms with E-state index < -0.39 is 0 Å². The molecule has 0 aliphatic heterocycles. The summed E-state index contributed by atoms with van der Waals surface area (Å²) >= 11 is 0. The van der Waals surface area contributed by atoms with E-state index in [1.807, 2.05) is 53.1 Å². The molecule has 0 atom stereocenters. The zero-order valence-corrected chi connectivity index (χ0v) is 15.3. The van der Waals surface area contributed by atoms with Crippen LogP contribution >= 0.6 is 0 Å². The van der Waals surface area contributed by atoms with Gasteiger partial charge in [0.05, 0.1) is 22.1 Å². The second-order valence-electron chi connectivity index (χ2n) is 8.47. The van der Waals surface area contributed by atoms with Gasteiger partial charge in [-0.15, -0.1) is 0 Å². The van der Waals surface area contributed by atoms with E-state index in [9.17, 15) is 9.59 Å². The number of hydrogen-bond donors (Lipinski definition) is 2. The van der Waals surface area contributed by atoms with Crippen LogP contribution in [0, 0.1) is 5.41 Å². The van der Waals surface area contributed by atoms with E-state index in [1.54, 1.807) is 0 Å². The summed E-state index contributed by atoms with van der Waals surface area (Å²) in [6.07, 6.45) is 4.21. The topological polar surface area (TPSA) is 83.5 Å². The van der Waals surface area contributed by atoms with Gasteiger partial charge < -0.3 is 4.98 Å². The molecule has 0 radical (unpaired) electrons. The Hall–Kier alpha value is -3.15. The monoisotopic (exact) mass is 372 g/mol. The van der Waals surface area contributed by atoms with Crippen molar-refractivity contribution in [3.8, 4) is 0 Å². The molecule has 28 heavy (non-hydrogen) atoms. The molecule has 4 aromatic rings. The van der Waals surface area contributed by atoms with E-state index in [0.29, 0.717) is 16.7 Å². The summed E-state index contributed by atoms with van der Waals surface area (Å²) in [5, 5.41) is 8.72. The molecule has 2 aromatic heterocycles. The van der Waals surface area contributed by atoms with Gasteiger partial charge in [-0.3, -0.25) is 9.36 Å². The molecule has 2 fully saturated rings. The second-order valence-corrected chi connectivity index (χ2v) is 8.47. The minimum atomic E-state index is -0.129. The van der Waals surface area contributed by atoms with Gasteiger partial charge in [-0.2, -0.15) is 5.10 Å². The summed E-state index contributed by atoms with van der Waals surface area (Å²) in [5.74, 6) is 0.377. The number of hydrogen-bond acceptors (Lipinski definition) is 3. The first kappa shape index (κ1) is 15.9. The molecule has 6 heteroatoms. The molecular weight excluding hydrogens is 352 g/mol. The van der Waals surface area contributed by atoms with Gasteiger partial charge >= 0.3 is 5.69 Å². The van der Waals surface area contributed by atoms with E-state index >= 15 is 0 Å². The summed E-state index contributed by atoms with van der Waals surface area (Å²) in [6.45, 7) is 0. The van der Waals surface area contributed by atoms with Crippen molar-refractivity contribution < 1.29 is 0 Å². The first-order valence-electron chi connectivity index (χ1n) is 9.80. The lowest BCUT2D eigenvalue weighted by atomic mass is 9.49. The van der Waals surface area contributed by atoms with Crippen molar-refractivity contribution in [2.24, 2.45) is 5.41 Å². The Kier molecular flexibility index (Phi) is 3.08. The Bertz CT molecular complexity index is 1330. The van der Waals surface area contributed by atoms with Crippen LogP contribution in [-0.2, 0) is 0 Å². The van der Waals surface area contributed by atoms with Crippen LogP contribution in [0.5, 0.6) is 0 Å². The van der Waals surface area contributed by atoms with Gasteiger partial charge in [-0.05, 0) is 49.3 Å². The van der Waals surface area contributed by atoms with E-state index in [2.05, 4.69) is 15.2 Å². The number of imidazole rings is 1. The number of H-pyrrole nitrogens is 2. The molecule has 2 aliphatic carbocycles. The number of nitrogens with one attached hydrogen (secondary N) is 2. The van der Waals surface area contributed by atoms with Crippen molar-refractivity contribution in [1.82, 2.24) is 19.7 Å². The van der Waals surface area contributed by atoms with Crippen LogP contribution in [-0.4, -0.2) is 19.7 Å².